The van der Waals surface area contributed by atoms with E-state index in [4.69, 9.17) is 27.6 Å². The van der Waals surface area contributed by atoms with Crippen LogP contribution in [0.3, 0.4) is 0 Å². The lowest BCUT2D eigenvalue weighted by Crippen LogP contribution is -2.27. The first kappa shape index (κ1) is 18.5. The molecule has 1 aliphatic carbocycles. The van der Waals surface area contributed by atoms with E-state index in [-0.39, 0.29) is 11.2 Å². The zero-order valence-electron chi connectivity index (χ0n) is 15.9. The van der Waals surface area contributed by atoms with Crippen LogP contribution in [0.25, 0.3) is 27.6 Å². The zero-order chi connectivity index (χ0) is 20.5. The van der Waals surface area contributed by atoms with Crippen LogP contribution in [0.15, 0.2) is 51.7 Å². The molecule has 4 aromatic rings. The minimum Gasteiger partial charge on any atom is -0.420 e. The number of rotatable bonds is 1. The van der Waals surface area contributed by atoms with E-state index < -0.39 is 5.63 Å². The molecular weight excluding hydrogens is 409 g/mol. The van der Waals surface area contributed by atoms with E-state index in [9.17, 15) is 9.59 Å². The Morgan fingerprint density at radius 2 is 1.69 bits per heavy atom. The van der Waals surface area contributed by atoms with E-state index in [1.165, 1.54) is 0 Å². The van der Waals surface area contributed by atoms with Gasteiger partial charge in [-0.25, -0.2) is 4.79 Å². The van der Waals surface area contributed by atoms with E-state index in [1.54, 1.807) is 24.3 Å². The summed E-state index contributed by atoms with van der Waals surface area (Å²) < 4.78 is 7.71. The molecule has 5 rings (SSSR count). The molecule has 0 spiro atoms. The number of fused-ring (bicyclic) bond motifs is 5. The van der Waals surface area contributed by atoms with Crippen molar-refractivity contribution >= 4 is 50.9 Å². The summed E-state index contributed by atoms with van der Waals surface area (Å²) in [6.07, 6.45) is 1.07. The number of carbonyl (C=O) groups is 1. The molecule has 0 aliphatic heterocycles. The predicted octanol–water partition coefficient (Wildman–Crippen LogP) is 6.20. The molecule has 2 aromatic heterocycles. The highest BCUT2D eigenvalue weighted by molar-refractivity contribution is 6.42. The van der Waals surface area contributed by atoms with Crippen LogP contribution in [-0.4, -0.2) is 10.4 Å². The van der Waals surface area contributed by atoms with Gasteiger partial charge in [-0.2, -0.15) is 0 Å². The van der Waals surface area contributed by atoms with Crippen molar-refractivity contribution in [2.45, 2.75) is 26.7 Å². The summed E-state index contributed by atoms with van der Waals surface area (Å²) in [5.74, 6) is -0.0153. The molecule has 0 amide bonds. The van der Waals surface area contributed by atoms with Crippen molar-refractivity contribution in [1.82, 2.24) is 4.57 Å². The molecule has 2 heterocycles. The maximum Gasteiger partial charge on any atom is 0.344 e. The molecule has 29 heavy (non-hydrogen) atoms. The normalized spacial score (nSPS) is 15.8. The van der Waals surface area contributed by atoms with Gasteiger partial charge in [-0.05, 0) is 36.1 Å². The van der Waals surface area contributed by atoms with E-state index in [2.05, 4.69) is 13.8 Å². The van der Waals surface area contributed by atoms with Crippen molar-refractivity contribution in [2.24, 2.45) is 5.41 Å². The van der Waals surface area contributed by atoms with Gasteiger partial charge in [0, 0.05) is 23.2 Å². The fraction of sp³-hybridized carbons (Fsp3) is 0.217. The van der Waals surface area contributed by atoms with Crippen molar-refractivity contribution in [3.63, 3.8) is 0 Å². The monoisotopic (exact) mass is 425 g/mol. The van der Waals surface area contributed by atoms with Gasteiger partial charge in [0.25, 0.3) is 0 Å². The van der Waals surface area contributed by atoms with Crippen LogP contribution in [0.4, 0.5) is 0 Å². The summed E-state index contributed by atoms with van der Waals surface area (Å²) in [5, 5.41) is 2.09. The van der Waals surface area contributed by atoms with E-state index in [1.807, 2.05) is 22.8 Å². The lowest BCUT2D eigenvalue weighted by molar-refractivity contribution is 0.0911. The van der Waals surface area contributed by atoms with Crippen molar-refractivity contribution < 1.29 is 9.21 Å². The van der Waals surface area contributed by atoms with Crippen LogP contribution in [0, 0.1) is 5.41 Å². The standard InChI is InChI=1S/C23H17Cl2NO3/c1-23(2)10-17-19(18(27)11-23)21-20(13-5-3-4-6-14(13)22(28)29-21)26(17)12-7-8-15(24)16(25)9-12/h3-9H,10-11H2,1-2H3. The number of ketones is 1. The molecular formula is C23H17Cl2NO3. The Balaban J connectivity index is 2.02. The summed E-state index contributed by atoms with van der Waals surface area (Å²) in [7, 11) is 0. The van der Waals surface area contributed by atoms with Crippen molar-refractivity contribution in [2.75, 3.05) is 0 Å². The Morgan fingerprint density at radius 1 is 0.966 bits per heavy atom. The zero-order valence-corrected chi connectivity index (χ0v) is 17.4. The number of hydrogen-bond acceptors (Lipinski definition) is 3. The third-order valence-electron chi connectivity index (χ3n) is 5.55. The Hall–Kier alpha value is -2.56. The molecule has 0 fully saturated rings. The van der Waals surface area contributed by atoms with E-state index >= 15 is 0 Å². The van der Waals surface area contributed by atoms with Crippen LogP contribution < -0.4 is 5.63 Å². The average molecular weight is 426 g/mol. The molecule has 0 saturated carbocycles. The number of Topliss-reactive ketones (excluding diaryl/α,β-unsaturated/α-hetero) is 1. The number of benzene rings is 2. The molecule has 1 aliphatic rings. The lowest BCUT2D eigenvalue weighted by Gasteiger charge is -2.29. The number of carbonyl (C=O) groups excluding carboxylic acids is 1. The minimum atomic E-state index is -0.445. The summed E-state index contributed by atoms with van der Waals surface area (Å²) in [6.45, 7) is 4.14. The van der Waals surface area contributed by atoms with Gasteiger partial charge in [-0.3, -0.25) is 4.79 Å². The maximum atomic E-state index is 13.1. The maximum absolute atomic E-state index is 13.1. The van der Waals surface area contributed by atoms with Gasteiger partial charge in [0.15, 0.2) is 11.4 Å². The molecule has 4 nitrogen and oxygen atoms in total. The Kier molecular flexibility index (Phi) is 3.96. The first-order chi connectivity index (χ1) is 13.8. The highest BCUT2D eigenvalue weighted by Crippen LogP contribution is 2.43. The highest BCUT2D eigenvalue weighted by atomic mass is 35.5. The smallest absolute Gasteiger partial charge is 0.344 e. The summed E-state index contributed by atoms with van der Waals surface area (Å²) in [4.78, 5) is 25.7. The van der Waals surface area contributed by atoms with Gasteiger partial charge in [-0.15, -0.1) is 0 Å². The van der Waals surface area contributed by atoms with E-state index in [0.717, 1.165) is 16.8 Å². The van der Waals surface area contributed by atoms with Crippen molar-refractivity contribution in [3.05, 3.63) is 74.2 Å². The molecule has 0 radical (unpaired) electrons. The molecule has 2 aromatic carbocycles. The number of nitrogens with zero attached hydrogens (tertiary/aromatic N) is 1. The van der Waals surface area contributed by atoms with Crippen LogP contribution >= 0.6 is 23.2 Å². The first-order valence-corrected chi connectivity index (χ1v) is 10.1. The van der Waals surface area contributed by atoms with E-state index in [0.29, 0.717) is 44.9 Å². The molecule has 146 valence electrons. The van der Waals surface area contributed by atoms with Crippen LogP contribution in [0.2, 0.25) is 10.0 Å². The third kappa shape index (κ3) is 2.74. The summed E-state index contributed by atoms with van der Waals surface area (Å²) in [6, 6.07) is 12.6. The first-order valence-electron chi connectivity index (χ1n) is 9.34. The van der Waals surface area contributed by atoms with Gasteiger partial charge >= 0.3 is 5.63 Å². The second-order valence-corrected chi connectivity index (χ2v) is 9.12. The number of halogens is 2. The molecule has 6 heteroatoms. The molecule has 0 atom stereocenters. The number of hydrogen-bond donors (Lipinski definition) is 0. The minimum absolute atomic E-state index is 0.0153. The second kappa shape index (κ2) is 6.22. The Labute approximate surface area is 176 Å². The van der Waals surface area contributed by atoms with Gasteiger partial charge < -0.3 is 8.98 Å². The van der Waals surface area contributed by atoms with Gasteiger partial charge in [0.05, 0.1) is 26.5 Å². The molecule has 0 N–H and O–H groups in total. The van der Waals surface area contributed by atoms with Crippen molar-refractivity contribution in [1.29, 1.82) is 0 Å². The fourth-order valence-electron chi connectivity index (χ4n) is 4.36. The molecule has 0 unspecified atom stereocenters. The fourth-order valence-corrected chi connectivity index (χ4v) is 4.65. The van der Waals surface area contributed by atoms with Crippen LogP contribution in [0.1, 0.15) is 36.3 Å². The summed E-state index contributed by atoms with van der Waals surface area (Å²) >= 11 is 12.4. The van der Waals surface area contributed by atoms with Crippen molar-refractivity contribution in [3.8, 4) is 5.69 Å². The number of aromatic nitrogens is 1. The molecule has 0 saturated heterocycles. The van der Waals surface area contributed by atoms with Gasteiger partial charge in [0.1, 0.15) is 0 Å². The Morgan fingerprint density at radius 3 is 2.41 bits per heavy atom. The van der Waals surface area contributed by atoms with Crippen LogP contribution in [-0.2, 0) is 6.42 Å². The topological polar surface area (TPSA) is 52.2 Å². The Bertz CT molecular complexity index is 1400. The SMILES string of the molecule is CC1(C)CC(=O)c2c(n(-c3ccc(Cl)c(Cl)c3)c3c2oc(=O)c2ccccc23)C1. The lowest BCUT2D eigenvalue weighted by atomic mass is 9.76. The largest absolute Gasteiger partial charge is 0.420 e. The highest BCUT2D eigenvalue weighted by Gasteiger charge is 2.37. The second-order valence-electron chi connectivity index (χ2n) is 8.31. The van der Waals surface area contributed by atoms with Gasteiger partial charge in [0.2, 0.25) is 0 Å². The summed E-state index contributed by atoms with van der Waals surface area (Å²) in [5.41, 5.74) is 2.50. The third-order valence-corrected chi connectivity index (χ3v) is 6.29. The molecule has 0 bridgehead atoms. The predicted molar refractivity (Wildman–Crippen MR) is 116 cm³/mol. The quantitative estimate of drug-likeness (QED) is 0.364. The van der Waals surface area contributed by atoms with Gasteiger partial charge in [-0.1, -0.05) is 55.2 Å². The van der Waals surface area contributed by atoms with Crippen LogP contribution in [0.5, 0.6) is 0 Å². The average Bonchev–Trinajstić information content (AvgIpc) is 2.97.